The van der Waals surface area contributed by atoms with Gasteiger partial charge in [-0.2, -0.15) is 0 Å². The molecule has 0 aliphatic rings. The minimum Gasteiger partial charge on any atom is -0.481 e. The minimum atomic E-state index is -0.944. The van der Waals surface area contributed by atoms with Crippen LogP contribution in [0.5, 0.6) is 0 Å². The number of nitrogens with zero attached hydrogens (tertiary/aromatic N) is 1. The summed E-state index contributed by atoms with van der Waals surface area (Å²) in [4.78, 5) is 23.3. The van der Waals surface area contributed by atoms with Crippen LogP contribution in [0.2, 0.25) is 10.0 Å². The number of hydrogen-bond acceptors (Lipinski definition) is 3. The number of hydrogen-bond donors (Lipinski definition) is 1. The van der Waals surface area contributed by atoms with Gasteiger partial charge in [-0.1, -0.05) is 40.6 Å². The van der Waals surface area contributed by atoms with Crippen molar-refractivity contribution in [2.75, 3.05) is 0 Å². The van der Waals surface area contributed by atoms with Crippen LogP contribution in [0.3, 0.4) is 0 Å². The van der Waals surface area contributed by atoms with E-state index >= 15 is 0 Å². The number of aliphatic carboxylic acids is 1. The highest BCUT2D eigenvalue weighted by molar-refractivity contribution is 7.09. The van der Waals surface area contributed by atoms with Gasteiger partial charge in [-0.25, -0.2) is 0 Å². The lowest BCUT2D eigenvalue weighted by Gasteiger charge is -2.09. The largest absolute Gasteiger partial charge is 0.481 e. The van der Waals surface area contributed by atoms with Gasteiger partial charge in [0.15, 0.2) is 0 Å². The molecule has 1 aromatic heterocycles. The lowest BCUT2D eigenvalue weighted by atomic mass is 10.1. The molecule has 106 valence electrons. The molecule has 0 saturated heterocycles. The van der Waals surface area contributed by atoms with Crippen LogP contribution in [0.25, 0.3) is 11.3 Å². The van der Waals surface area contributed by atoms with Crippen molar-refractivity contribution in [1.82, 2.24) is 4.57 Å². The molecule has 2 aromatic rings. The number of rotatable bonds is 4. The maximum absolute atomic E-state index is 11.9. The summed E-state index contributed by atoms with van der Waals surface area (Å²) in [7, 11) is 0. The summed E-state index contributed by atoms with van der Waals surface area (Å²) in [5.41, 5.74) is 1.44. The predicted molar refractivity (Wildman–Crippen MR) is 81.0 cm³/mol. The van der Waals surface area contributed by atoms with E-state index in [-0.39, 0.29) is 17.8 Å². The van der Waals surface area contributed by atoms with Crippen LogP contribution in [0, 0.1) is 6.92 Å². The van der Waals surface area contributed by atoms with E-state index in [1.807, 2.05) is 6.92 Å². The molecule has 0 unspecified atom stereocenters. The second-order valence-corrected chi connectivity index (χ2v) is 6.18. The fraction of sp³-hybridized carbons (Fsp3) is 0.231. The Balaban J connectivity index is 2.52. The van der Waals surface area contributed by atoms with Crippen LogP contribution >= 0.6 is 34.5 Å². The van der Waals surface area contributed by atoms with E-state index in [1.54, 1.807) is 18.2 Å². The van der Waals surface area contributed by atoms with Gasteiger partial charge >= 0.3 is 10.8 Å². The molecule has 2 rings (SSSR count). The zero-order chi connectivity index (χ0) is 14.9. The molecule has 1 N–H and O–H groups in total. The second kappa shape index (κ2) is 5.99. The van der Waals surface area contributed by atoms with Gasteiger partial charge in [0, 0.05) is 17.0 Å². The van der Waals surface area contributed by atoms with Crippen molar-refractivity contribution >= 4 is 40.5 Å². The third-order valence-corrected chi connectivity index (χ3v) is 4.44. The molecular formula is C13H11Cl2NO3S. The van der Waals surface area contributed by atoms with Crippen LogP contribution in [0.4, 0.5) is 0 Å². The smallest absolute Gasteiger partial charge is 0.307 e. The minimum absolute atomic E-state index is 0.107. The summed E-state index contributed by atoms with van der Waals surface area (Å²) >= 11 is 13.0. The zero-order valence-corrected chi connectivity index (χ0v) is 12.8. The highest BCUT2D eigenvalue weighted by atomic mass is 35.5. The first-order chi connectivity index (χ1) is 9.40. The van der Waals surface area contributed by atoms with Crippen molar-refractivity contribution < 1.29 is 9.90 Å². The van der Waals surface area contributed by atoms with Crippen LogP contribution < -0.4 is 4.87 Å². The number of aromatic nitrogens is 1. The molecule has 0 spiro atoms. The SMILES string of the molecule is Cc1sc(=O)n(CCC(=O)O)c1-c1ccc(Cl)c(Cl)c1. The molecule has 0 aliphatic heterocycles. The average Bonchev–Trinajstić information content (AvgIpc) is 2.65. The maximum atomic E-state index is 11.9. The van der Waals surface area contributed by atoms with Crippen LogP contribution in [0.1, 0.15) is 11.3 Å². The van der Waals surface area contributed by atoms with Gasteiger partial charge in [0.2, 0.25) is 0 Å². The molecule has 0 atom stereocenters. The Hall–Kier alpha value is -1.30. The number of halogens is 2. The molecular weight excluding hydrogens is 321 g/mol. The Bertz CT molecular complexity index is 721. The fourth-order valence-electron chi connectivity index (χ4n) is 1.93. The average molecular weight is 332 g/mol. The molecule has 1 heterocycles. The first-order valence-corrected chi connectivity index (χ1v) is 7.35. The molecule has 0 aliphatic carbocycles. The number of benzene rings is 1. The summed E-state index contributed by atoms with van der Waals surface area (Å²) in [5, 5.41) is 9.59. The van der Waals surface area contributed by atoms with Crippen molar-refractivity contribution in [1.29, 1.82) is 0 Å². The first-order valence-electron chi connectivity index (χ1n) is 5.77. The predicted octanol–water partition coefficient (Wildman–Crippen LogP) is 3.67. The molecule has 0 bridgehead atoms. The number of carbonyl (C=O) groups is 1. The maximum Gasteiger partial charge on any atom is 0.307 e. The number of aryl methyl sites for hydroxylation is 1. The molecule has 0 saturated carbocycles. The van der Waals surface area contributed by atoms with Crippen molar-refractivity contribution in [3.05, 3.63) is 42.8 Å². The summed E-state index contributed by atoms with van der Waals surface area (Å²) in [6.07, 6.45) is -0.107. The highest BCUT2D eigenvalue weighted by Gasteiger charge is 2.15. The van der Waals surface area contributed by atoms with Crippen molar-refractivity contribution in [3.63, 3.8) is 0 Å². The van der Waals surface area contributed by atoms with Crippen LogP contribution in [-0.2, 0) is 11.3 Å². The molecule has 0 fully saturated rings. The number of carboxylic acids is 1. The molecule has 20 heavy (non-hydrogen) atoms. The Kier molecular flexibility index (Phi) is 4.52. The molecule has 7 heteroatoms. The summed E-state index contributed by atoms with van der Waals surface area (Å²) in [6, 6.07) is 5.10. The molecule has 1 aromatic carbocycles. The molecule has 4 nitrogen and oxygen atoms in total. The van der Waals surface area contributed by atoms with Gasteiger partial charge < -0.3 is 5.11 Å². The third-order valence-electron chi connectivity index (χ3n) is 2.81. The highest BCUT2D eigenvalue weighted by Crippen LogP contribution is 2.31. The number of carboxylic acid groups (broad SMARTS) is 1. The second-order valence-electron chi connectivity index (χ2n) is 4.20. The zero-order valence-electron chi connectivity index (χ0n) is 10.5. The molecule has 0 amide bonds. The quantitative estimate of drug-likeness (QED) is 0.929. The topological polar surface area (TPSA) is 59.3 Å². The van der Waals surface area contributed by atoms with Gasteiger partial charge in [0.05, 0.1) is 22.2 Å². The fourth-order valence-corrected chi connectivity index (χ4v) is 3.11. The lowest BCUT2D eigenvalue weighted by Crippen LogP contribution is -2.16. The van der Waals surface area contributed by atoms with E-state index in [0.717, 1.165) is 21.8 Å². The van der Waals surface area contributed by atoms with Gasteiger partial charge in [-0.15, -0.1) is 0 Å². The standard InChI is InChI=1S/C13H11Cl2NO3S/c1-7-12(8-2-3-9(14)10(15)6-8)16(13(19)20-7)5-4-11(17)18/h2-3,6H,4-5H2,1H3,(H,17,18). The van der Waals surface area contributed by atoms with Gasteiger partial charge in [-0.05, 0) is 19.1 Å². The van der Waals surface area contributed by atoms with E-state index in [4.69, 9.17) is 28.3 Å². The van der Waals surface area contributed by atoms with E-state index in [1.165, 1.54) is 4.57 Å². The van der Waals surface area contributed by atoms with Gasteiger partial charge in [0.1, 0.15) is 0 Å². The van der Waals surface area contributed by atoms with Gasteiger partial charge in [0.25, 0.3) is 0 Å². The van der Waals surface area contributed by atoms with Crippen molar-refractivity contribution in [2.24, 2.45) is 0 Å². The van der Waals surface area contributed by atoms with E-state index in [0.29, 0.717) is 15.7 Å². The molecule has 0 radical (unpaired) electrons. The van der Waals surface area contributed by atoms with Crippen LogP contribution in [0.15, 0.2) is 23.0 Å². The Morgan fingerprint density at radius 1 is 1.35 bits per heavy atom. The Labute approximate surface area is 129 Å². The van der Waals surface area contributed by atoms with E-state index in [2.05, 4.69) is 0 Å². The Morgan fingerprint density at radius 2 is 2.05 bits per heavy atom. The van der Waals surface area contributed by atoms with Crippen LogP contribution in [-0.4, -0.2) is 15.6 Å². The monoisotopic (exact) mass is 331 g/mol. The number of thiazole rings is 1. The lowest BCUT2D eigenvalue weighted by molar-refractivity contribution is -0.137. The first kappa shape index (κ1) is 15.1. The van der Waals surface area contributed by atoms with E-state index in [9.17, 15) is 9.59 Å². The summed E-state index contributed by atoms with van der Waals surface area (Å²) in [6.45, 7) is 1.95. The van der Waals surface area contributed by atoms with Crippen molar-refractivity contribution in [2.45, 2.75) is 19.9 Å². The normalized spacial score (nSPS) is 10.8. The third kappa shape index (κ3) is 3.06. The summed E-state index contributed by atoms with van der Waals surface area (Å²) < 4.78 is 1.47. The summed E-state index contributed by atoms with van der Waals surface area (Å²) in [5.74, 6) is -0.944. The van der Waals surface area contributed by atoms with Gasteiger partial charge in [-0.3, -0.25) is 14.2 Å². The Morgan fingerprint density at radius 3 is 2.65 bits per heavy atom. The van der Waals surface area contributed by atoms with E-state index < -0.39 is 5.97 Å². The van der Waals surface area contributed by atoms with Crippen molar-refractivity contribution in [3.8, 4) is 11.3 Å².